The van der Waals surface area contributed by atoms with Crippen LogP contribution in [0.5, 0.6) is 0 Å². The van der Waals surface area contributed by atoms with Crippen molar-refractivity contribution in [3.63, 3.8) is 0 Å². The van der Waals surface area contributed by atoms with E-state index in [1.165, 1.54) is 0 Å². The lowest BCUT2D eigenvalue weighted by Crippen LogP contribution is -2.26. The van der Waals surface area contributed by atoms with Gasteiger partial charge in [-0.1, -0.05) is 56.8 Å². The van der Waals surface area contributed by atoms with Crippen LogP contribution in [0.3, 0.4) is 0 Å². The molecular formula is C52H52Br4Cl4N20. The number of rotatable bonds is 4. The number of aromatic nitrogens is 16. The first kappa shape index (κ1) is 54.7. The Labute approximate surface area is 514 Å². The molecule has 416 valence electrons. The molecule has 4 N–H and O–H groups in total. The topological polar surface area (TPSA) is 223 Å². The van der Waals surface area contributed by atoms with E-state index in [1.54, 1.807) is 62.0 Å². The summed E-state index contributed by atoms with van der Waals surface area (Å²) in [4.78, 5) is 21.4. The van der Waals surface area contributed by atoms with Crippen molar-refractivity contribution >= 4 is 133 Å². The maximum absolute atomic E-state index is 6.52. The number of fused-ring (bicyclic) bond motifs is 8. The number of halogens is 8. The minimum atomic E-state index is 0.0570. The highest BCUT2D eigenvalue weighted by Gasteiger charge is 2.52. The first-order valence-corrected chi connectivity index (χ1v) is 31.2. The molecule has 12 heterocycles. The first-order chi connectivity index (χ1) is 38.8. The van der Waals surface area contributed by atoms with E-state index in [2.05, 4.69) is 146 Å². The van der Waals surface area contributed by atoms with Gasteiger partial charge in [0.05, 0.1) is 99.3 Å². The summed E-state index contributed by atoms with van der Waals surface area (Å²) in [5.74, 6) is 3.70. The van der Waals surface area contributed by atoms with Crippen molar-refractivity contribution in [2.45, 2.75) is 123 Å². The number of anilines is 4. The zero-order valence-electron chi connectivity index (χ0n) is 42.7. The third-order valence-electron chi connectivity index (χ3n) is 17.9. The van der Waals surface area contributed by atoms with Crippen LogP contribution in [0.2, 0.25) is 20.1 Å². The zero-order valence-corrected chi connectivity index (χ0v) is 52.1. The third kappa shape index (κ3) is 9.69. The molecule has 20 nitrogen and oxygen atoms in total. The predicted molar refractivity (Wildman–Crippen MR) is 320 cm³/mol. The minimum Gasteiger partial charge on any atom is -0.369 e. The van der Waals surface area contributed by atoms with Gasteiger partial charge in [-0.2, -0.15) is 30.0 Å². The van der Waals surface area contributed by atoms with Gasteiger partial charge in [0, 0.05) is 107 Å². The molecule has 4 aliphatic heterocycles. The maximum atomic E-state index is 6.52. The molecule has 0 aromatic carbocycles. The summed E-state index contributed by atoms with van der Waals surface area (Å²) >= 11 is 40.0. The molecule has 4 aliphatic carbocycles. The van der Waals surface area contributed by atoms with Crippen LogP contribution in [0, 0.1) is 0 Å². The average molecular weight is 1420 g/mol. The van der Waals surface area contributed by atoms with E-state index in [9.17, 15) is 0 Å². The van der Waals surface area contributed by atoms with Crippen LogP contribution in [0.25, 0.3) is 0 Å². The first-order valence-electron chi connectivity index (χ1n) is 26.5. The fraction of sp³-hybridized carbons (Fsp3) is 0.462. The van der Waals surface area contributed by atoms with Crippen LogP contribution in [-0.4, -0.2) is 106 Å². The van der Waals surface area contributed by atoms with Gasteiger partial charge in [-0.3, -0.25) is 0 Å². The Kier molecular flexibility index (Phi) is 15.0. The van der Waals surface area contributed by atoms with Crippen molar-refractivity contribution < 1.29 is 0 Å². The summed E-state index contributed by atoms with van der Waals surface area (Å²) in [5, 5.41) is 50.0. The van der Waals surface area contributed by atoms with Gasteiger partial charge in [0.15, 0.2) is 0 Å². The van der Waals surface area contributed by atoms with Crippen LogP contribution in [0.1, 0.15) is 123 Å². The summed E-state index contributed by atoms with van der Waals surface area (Å²) < 4.78 is 7.39. The molecule has 4 saturated carbocycles. The molecule has 4 spiro atoms. The molecule has 8 aromatic rings. The van der Waals surface area contributed by atoms with Crippen LogP contribution in [0.4, 0.5) is 23.3 Å². The third-order valence-corrected chi connectivity index (χ3v) is 22.8. The number of nitrogens with one attached hydrogen (secondary N) is 4. The van der Waals surface area contributed by atoms with Crippen molar-refractivity contribution in [2.75, 3.05) is 47.4 Å². The molecule has 8 aliphatic rings. The summed E-state index contributed by atoms with van der Waals surface area (Å²) in [6, 6.07) is 1.46. The van der Waals surface area contributed by atoms with Gasteiger partial charge in [-0.15, -0.1) is 10.2 Å². The van der Waals surface area contributed by atoms with Crippen molar-refractivity contribution in [2.24, 2.45) is 0 Å². The summed E-state index contributed by atoms with van der Waals surface area (Å²) in [6.07, 6.45) is 34.0. The van der Waals surface area contributed by atoms with Gasteiger partial charge >= 0.3 is 0 Å². The van der Waals surface area contributed by atoms with Crippen molar-refractivity contribution in [3.05, 3.63) is 135 Å². The fourth-order valence-electron chi connectivity index (χ4n) is 14.1. The number of nitrogens with zero attached hydrogens (tertiary/aromatic N) is 16. The molecule has 8 aromatic heterocycles. The average Bonchev–Trinajstić information content (AvgIpc) is 4.49. The SMILES string of the molecule is Clc1c(Br)cnc2c1[C@]1(CC[C@@H](n3ccnn3)C1)CN2.Clc1c(Br)cnc2c1[C@]1(CC[C@@H](n3nccn3)C1)CN2.Clc1c(Br)cnc2c1[C@]1(CC[C@H](n3ccnn3)C1)CN2.Clc1c(Br)cnc2c1[C@]1(CC[C@H](n3nccn3)C1)CN2. The van der Waals surface area contributed by atoms with E-state index in [0.29, 0.717) is 24.2 Å². The lowest BCUT2D eigenvalue weighted by Gasteiger charge is -2.24. The van der Waals surface area contributed by atoms with Crippen molar-refractivity contribution in [3.8, 4) is 0 Å². The van der Waals surface area contributed by atoms with E-state index < -0.39 is 0 Å². The van der Waals surface area contributed by atoms with E-state index in [0.717, 1.165) is 187 Å². The van der Waals surface area contributed by atoms with E-state index in [1.807, 2.05) is 31.4 Å². The molecule has 80 heavy (non-hydrogen) atoms. The van der Waals surface area contributed by atoms with Crippen molar-refractivity contribution in [1.29, 1.82) is 0 Å². The molecule has 4 fully saturated rings. The van der Waals surface area contributed by atoms with E-state index in [-0.39, 0.29) is 21.7 Å². The van der Waals surface area contributed by atoms with Gasteiger partial charge in [-0.25, -0.2) is 29.3 Å². The normalized spacial score (nSPS) is 27.8. The quantitative estimate of drug-likeness (QED) is 0.129. The highest BCUT2D eigenvalue weighted by molar-refractivity contribution is 9.11. The second-order valence-corrected chi connectivity index (χ2v) is 27.1. The lowest BCUT2D eigenvalue weighted by molar-refractivity contribution is 0.383. The van der Waals surface area contributed by atoms with E-state index in [4.69, 9.17) is 46.4 Å². The number of hydrogen-bond acceptors (Lipinski definition) is 16. The Morgan fingerprint density at radius 1 is 0.400 bits per heavy atom. The monoisotopic (exact) mass is 1410 g/mol. The van der Waals surface area contributed by atoms with Gasteiger partial charge < -0.3 is 21.3 Å². The lowest BCUT2D eigenvalue weighted by atomic mass is 9.81. The Morgan fingerprint density at radius 2 is 0.675 bits per heavy atom. The molecule has 28 heteroatoms. The number of pyridine rings is 4. The Balaban J connectivity index is 0.000000101. The fourth-order valence-corrected chi connectivity index (χ4v) is 16.7. The summed E-state index contributed by atoms with van der Waals surface area (Å²) in [5.41, 5.74) is 4.89. The smallest absolute Gasteiger partial charge is 0.131 e. The van der Waals surface area contributed by atoms with Crippen molar-refractivity contribution in [1.82, 2.24) is 79.9 Å². The molecule has 0 amide bonds. The minimum absolute atomic E-state index is 0.0570. The van der Waals surface area contributed by atoms with Gasteiger partial charge in [0.1, 0.15) is 23.3 Å². The van der Waals surface area contributed by atoms with E-state index >= 15 is 0 Å². The highest BCUT2D eigenvalue weighted by Crippen LogP contribution is 2.58. The zero-order chi connectivity index (χ0) is 55.0. The van der Waals surface area contributed by atoms with Gasteiger partial charge in [0.25, 0.3) is 0 Å². The largest absolute Gasteiger partial charge is 0.369 e. The second-order valence-electron chi connectivity index (χ2n) is 22.2. The predicted octanol–water partition coefficient (Wildman–Crippen LogP) is 12.7. The van der Waals surface area contributed by atoms with Gasteiger partial charge in [0.2, 0.25) is 0 Å². The van der Waals surface area contributed by atoms with Crippen LogP contribution >= 0.6 is 110 Å². The molecule has 8 atom stereocenters. The van der Waals surface area contributed by atoms with Crippen LogP contribution in [-0.2, 0) is 21.7 Å². The Bertz CT molecular complexity index is 3100. The molecule has 16 rings (SSSR count). The molecular weight excluding hydrogens is 1370 g/mol. The Hall–Kier alpha value is -4.56. The van der Waals surface area contributed by atoms with Crippen LogP contribution < -0.4 is 21.3 Å². The standard InChI is InChI=1S/4C13H13BrClN5/c2*14-9-6-16-12-10(11(9)15)13(7-17-12)2-1-8(5-13)20-4-3-18-19-20;2*14-9-6-16-12-10(11(9)15)13(7-17-12)2-1-8(5-13)20-18-3-4-19-20/h4*3-4,6,8H,1-2,5,7H2,(H,16,17)/t8-,13+;8-,13-;8-,13+;8-,13-/m1010/s1. The molecule has 0 bridgehead atoms. The summed E-state index contributed by atoms with van der Waals surface area (Å²) in [7, 11) is 0. The molecule has 0 radical (unpaired) electrons. The molecule has 0 unspecified atom stereocenters. The molecule has 0 saturated heterocycles. The van der Waals surface area contributed by atoms with Crippen LogP contribution in [0.15, 0.2) is 92.3 Å². The second kappa shape index (κ2) is 21.9. The summed E-state index contributed by atoms with van der Waals surface area (Å²) in [6.45, 7) is 3.58. The number of hydrogen-bond donors (Lipinski definition) is 4. The Morgan fingerprint density at radius 3 is 0.950 bits per heavy atom. The highest BCUT2D eigenvalue weighted by atomic mass is 79.9. The maximum Gasteiger partial charge on any atom is 0.131 e. The van der Waals surface area contributed by atoms with Gasteiger partial charge in [-0.05, 0) is 141 Å².